The van der Waals surface area contributed by atoms with Crippen LogP contribution >= 0.6 is 0 Å². The molecule has 0 aliphatic rings. The minimum Gasteiger partial charge on any atom is -0.480 e. The van der Waals surface area contributed by atoms with E-state index < -0.39 is 12.0 Å². The van der Waals surface area contributed by atoms with E-state index in [0.717, 1.165) is 16.3 Å². The zero-order valence-electron chi connectivity index (χ0n) is 14.6. The highest BCUT2D eigenvalue weighted by Crippen LogP contribution is 2.29. The zero-order valence-corrected chi connectivity index (χ0v) is 14.6. The lowest BCUT2D eigenvalue weighted by Gasteiger charge is -2.28. The molecule has 3 rings (SSSR count). The van der Waals surface area contributed by atoms with E-state index in [1.54, 1.807) is 6.92 Å². The van der Waals surface area contributed by atoms with Gasteiger partial charge < -0.3 is 5.11 Å². The van der Waals surface area contributed by atoms with Crippen molar-refractivity contribution < 1.29 is 14.7 Å². The topological polar surface area (TPSA) is 57.6 Å². The van der Waals surface area contributed by atoms with Gasteiger partial charge in [-0.15, -0.1) is 0 Å². The summed E-state index contributed by atoms with van der Waals surface area (Å²) in [7, 11) is 0. The van der Waals surface area contributed by atoms with Crippen LogP contribution in [0.1, 0.15) is 18.9 Å². The Balaban J connectivity index is 1.94. The van der Waals surface area contributed by atoms with Crippen LogP contribution in [0.25, 0.3) is 10.8 Å². The molecule has 0 bridgehead atoms. The van der Waals surface area contributed by atoms with Gasteiger partial charge in [-0.3, -0.25) is 9.69 Å². The molecule has 0 aliphatic carbocycles. The van der Waals surface area contributed by atoms with E-state index in [4.69, 9.17) is 0 Å². The lowest BCUT2D eigenvalue weighted by atomic mass is 10.0. The van der Waals surface area contributed by atoms with Gasteiger partial charge in [0.15, 0.2) is 0 Å². The number of carbonyl (C=O) groups excluding carboxylic acids is 1. The molecule has 0 saturated carbocycles. The Labute approximate surface area is 152 Å². The fourth-order valence-corrected chi connectivity index (χ4v) is 3.10. The van der Waals surface area contributed by atoms with Crippen molar-refractivity contribution in [3.63, 3.8) is 0 Å². The highest BCUT2D eigenvalue weighted by molar-refractivity contribution is 6.06. The molecule has 0 radical (unpaired) electrons. The molecule has 132 valence electrons. The van der Waals surface area contributed by atoms with Crippen LogP contribution in [0.3, 0.4) is 0 Å². The van der Waals surface area contributed by atoms with Gasteiger partial charge in [0.2, 0.25) is 5.91 Å². The van der Waals surface area contributed by atoms with Crippen LogP contribution in [0, 0.1) is 0 Å². The number of hydrogen-bond donors (Lipinski definition) is 1. The normalized spacial score (nSPS) is 11.9. The first-order valence-corrected chi connectivity index (χ1v) is 8.64. The molecule has 4 nitrogen and oxygen atoms in total. The second kappa shape index (κ2) is 7.83. The van der Waals surface area contributed by atoms with Crippen LogP contribution in [-0.2, 0) is 16.0 Å². The van der Waals surface area contributed by atoms with Crippen molar-refractivity contribution >= 4 is 28.3 Å². The van der Waals surface area contributed by atoms with Gasteiger partial charge in [0.1, 0.15) is 6.04 Å². The minimum atomic E-state index is -1.02. The van der Waals surface area contributed by atoms with Crippen LogP contribution < -0.4 is 4.90 Å². The van der Waals surface area contributed by atoms with Crippen molar-refractivity contribution in [2.75, 3.05) is 4.90 Å². The number of fused-ring (bicyclic) bond motifs is 1. The van der Waals surface area contributed by atoms with Gasteiger partial charge in [-0.25, -0.2) is 4.79 Å². The van der Waals surface area contributed by atoms with Crippen LogP contribution in [0.15, 0.2) is 72.8 Å². The Morgan fingerprint density at radius 1 is 0.923 bits per heavy atom. The third-order valence-electron chi connectivity index (χ3n) is 4.51. The SMILES string of the molecule is C[C@@H](C(=O)O)N(C(=O)CCc1ccccc1)c1cccc2ccccc12. The van der Waals surface area contributed by atoms with E-state index in [1.165, 1.54) is 4.90 Å². The molecule has 3 aromatic carbocycles. The molecule has 3 aromatic rings. The molecule has 1 N–H and O–H groups in total. The molecule has 1 amide bonds. The number of carboxylic acid groups (broad SMARTS) is 1. The lowest BCUT2D eigenvalue weighted by Crippen LogP contribution is -2.43. The number of anilines is 1. The van der Waals surface area contributed by atoms with Crippen molar-refractivity contribution in [1.29, 1.82) is 0 Å². The minimum absolute atomic E-state index is 0.194. The molecule has 0 heterocycles. The van der Waals surface area contributed by atoms with Gasteiger partial charge in [0.25, 0.3) is 0 Å². The van der Waals surface area contributed by atoms with E-state index in [9.17, 15) is 14.7 Å². The highest BCUT2D eigenvalue weighted by Gasteiger charge is 2.28. The van der Waals surface area contributed by atoms with E-state index in [2.05, 4.69) is 0 Å². The molecule has 0 saturated heterocycles. The van der Waals surface area contributed by atoms with Crippen LogP contribution in [0.5, 0.6) is 0 Å². The fourth-order valence-electron chi connectivity index (χ4n) is 3.10. The van der Waals surface area contributed by atoms with Crippen molar-refractivity contribution in [3.05, 3.63) is 78.4 Å². The number of amides is 1. The molecule has 4 heteroatoms. The summed E-state index contributed by atoms with van der Waals surface area (Å²) in [5.74, 6) is -1.22. The largest absolute Gasteiger partial charge is 0.480 e. The maximum Gasteiger partial charge on any atom is 0.326 e. The summed E-state index contributed by atoms with van der Waals surface area (Å²) in [5, 5.41) is 11.4. The molecule has 0 aromatic heterocycles. The summed E-state index contributed by atoms with van der Waals surface area (Å²) in [6, 6.07) is 22.1. The monoisotopic (exact) mass is 347 g/mol. The Kier molecular flexibility index (Phi) is 5.32. The first-order valence-electron chi connectivity index (χ1n) is 8.64. The lowest BCUT2D eigenvalue weighted by molar-refractivity contribution is -0.139. The second-order valence-electron chi connectivity index (χ2n) is 6.26. The Morgan fingerprint density at radius 2 is 1.58 bits per heavy atom. The summed E-state index contributed by atoms with van der Waals surface area (Å²) >= 11 is 0. The number of aliphatic carboxylic acids is 1. The van der Waals surface area contributed by atoms with E-state index in [-0.39, 0.29) is 12.3 Å². The average Bonchev–Trinajstić information content (AvgIpc) is 2.67. The fraction of sp³-hybridized carbons (Fsp3) is 0.182. The Morgan fingerprint density at radius 3 is 2.31 bits per heavy atom. The summed E-state index contributed by atoms with van der Waals surface area (Å²) in [6.45, 7) is 1.55. The second-order valence-corrected chi connectivity index (χ2v) is 6.26. The van der Waals surface area contributed by atoms with E-state index in [1.807, 2.05) is 72.8 Å². The van der Waals surface area contributed by atoms with Crippen molar-refractivity contribution in [2.45, 2.75) is 25.8 Å². The first-order chi connectivity index (χ1) is 12.6. The molecule has 0 aliphatic heterocycles. The number of carboxylic acids is 1. The third kappa shape index (κ3) is 3.75. The maximum atomic E-state index is 13.0. The molecule has 26 heavy (non-hydrogen) atoms. The number of aryl methyl sites for hydroxylation is 1. The average molecular weight is 347 g/mol. The highest BCUT2D eigenvalue weighted by atomic mass is 16.4. The van der Waals surface area contributed by atoms with Crippen LogP contribution in [0.4, 0.5) is 5.69 Å². The zero-order chi connectivity index (χ0) is 18.5. The summed E-state index contributed by atoms with van der Waals surface area (Å²) in [5.41, 5.74) is 1.69. The van der Waals surface area contributed by atoms with Crippen molar-refractivity contribution in [1.82, 2.24) is 0 Å². The summed E-state index contributed by atoms with van der Waals surface area (Å²) in [4.78, 5) is 26.0. The van der Waals surface area contributed by atoms with E-state index in [0.29, 0.717) is 12.1 Å². The van der Waals surface area contributed by atoms with Crippen LogP contribution in [0.2, 0.25) is 0 Å². The van der Waals surface area contributed by atoms with Crippen molar-refractivity contribution in [2.24, 2.45) is 0 Å². The predicted octanol–water partition coefficient (Wildman–Crippen LogP) is 4.28. The Bertz CT molecular complexity index is 916. The first kappa shape index (κ1) is 17.7. The van der Waals surface area contributed by atoms with Gasteiger partial charge in [-0.05, 0) is 30.4 Å². The number of benzene rings is 3. The van der Waals surface area contributed by atoms with Gasteiger partial charge in [-0.1, -0.05) is 66.7 Å². The molecule has 0 unspecified atom stereocenters. The third-order valence-corrected chi connectivity index (χ3v) is 4.51. The number of hydrogen-bond acceptors (Lipinski definition) is 2. The molecule has 0 spiro atoms. The maximum absolute atomic E-state index is 13.0. The van der Waals surface area contributed by atoms with Gasteiger partial charge in [0.05, 0.1) is 5.69 Å². The van der Waals surface area contributed by atoms with Gasteiger partial charge in [0, 0.05) is 11.8 Å². The quantitative estimate of drug-likeness (QED) is 0.724. The molecular formula is C22H21NO3. The predicted molar refractivity (Wildman–Crippen MR) is 103 cm³/mol. The smallest absolute Gasteiger partial charge is 0.326 e. The van der Waals surface area contributed by atoms with E-state index >= 15 is 0 Å². The van der Waals surface area contributed by atoms with Gasteiger partial charge >= 0.3 is 5.97 Å². The number of rotatable bonds is 6. The standard InChI is InChI=1S/C22H21NO3/c1-16(22(25)26)23(21(24)15-14-17-8-3-2-4-9-17)20-13-7-11-18-10-5-6-12-19(18)20/h2-13,16H,14-15H2,1H3,(H,25,26)/t16-/m0/s1. The summed E-state index contributed by atoms with van der Waals surface area (Å²) in [6.07, 6.45) is 0.831. The molecular weight excluding hydrogens is 326 g/mol. The molecule has 1 atom stereocenters. The molecule has 0 fully saturated rings. The summed E-state index contributed by atoms with van der Waals surface area (Å²) < 4.78 is 0. The van der Waals surface area contributed by atoms with Gasteiger partial charge in [-0.2, -0.15) is 0 Å². The van der Waals surface area contributed by atoms with Crippen molar-refractivity contribution in [3.8, 4) is 0 Å². The Hall–Kier alpha value is -3.14. The number of carbonyl (C=O) groups is 2. The number of nitrogens with zero attached hydrogens (tertiary/aromatic N) is 1. The van der Waals surface area contributed by atoms with Crippen LogP contribution in [-0.4, -0.2) is 23.0 Å².